The molecular formula is C19H16N2O3S2. The van der Waals surface area contributed by atoms with Crippen LogP contribution in [0.15, 0.2) is 53.4 Å². The van der Waals surface area contributed by atoms with Crippen LogP contribution in [0.3, 0.4) is 0 Å². The number of carbonyl (C=O) groups is 2. The molecule has 2 aromatic rings. The number of phenolic OH excluding ortho intramolecular Hbond substituents is 1. The fraction of sp³-hybridized carbons (Fsp3) is 0.105. The lowest BCUT2D eigenvalue weighted by Gasteiger charge is -2.14. The molecule has 0 bridgehead atoms. The number of carbonyl (C=O) groups excluding carboxylic acids is 2. The zero-order chi connectivity index (χ0) is 18.7. The van der Waals surface area contributed by atoms with Crippen molar-refractivity contribution in [2.24, 2.45) is 0 Å². The van der Waals surface area contributed by atoms with Gasteiger partial charge < -0.3 is 10.4 Å². The molecule has 0 aromatic heterocycles. The first-order chi connectivity index (χ1) is 12.4. The second-order valence-electron chi connectivity index (χ2n) is 5.77. The van der Waals surface area contributed by atoms with Gasteiger partial charge in [-0.1, -0.05) is 53.8 Å². The summed E-state index contributed by atoms with van der Waals surface area (Å²) in [5.41, 5.74) is 2.58. The van der Waals surface area contributed by atoms with E-state index in [0.717, 1.165) is 11.1 Å². The zero-order valence-electron chi connectivity index (χ0n) is 13.9. The van der Waals surface area contributed by atoms with Crippen LogP contribution in [0.25, 0.3) is 6.08 Å². The van der Waals surface area contributed by atoms with E-state index in [1.807, 2.05) is 31.2 Å². The number of thioether (sulfide) groups is 1. The van der Waals surface area contributed by atoms with Crippen molar-refractivity contribution in [2.75, 3.05) is 11.9 Å². The number of benzene rings is 2. The number of aromatic hydroxyl groups is 1. The molecule has 5 nitrogen and oxygen atoms in total. The van der Waals surface area contributed by atoms with Gasteiger partial charge in [-0.25, -0.2) is 0 Å². The molecule has 1 heterocycles. The van der Waals surface area contributed by atoms with Crippen molar-refractivity contribution in [3.63, 3.8) is 0 Å². The number of hydrogen-bond acceptors (Lipinski definition) is 5. The summed E-state index contributed by atoms with van der Waals surface area (Å²) in [6.45, 7) is 1.84. The van der Waals surface area contributed by atoms with Crippen molar-refractivity contribution in [1.29, 1.82) is 0 Å². The topological polar surface area (TPSA) is 69.6 Å². The molecule has 2 N–H and O–H groups in total. The fourth-order valence-electron chi connectivity index (χ4n) is 2.34. The first-order valence-electron chi connectivity index (χ1n) is 7.83. The zero-order valence-corrected chi connectivity index (χ0v) is 15.6. The SMILES string of the molecule is Cc1ccc(/C=C2/SC(=S)N(CC(=O)Nc3ccc(O)cc3)C2=O)cc1. The Balaban J connectivity index is 1.67. The van der Waals surface area contributed by atoms with E-state index in [4.69, 9.17) is 12.2 Å². The Kier molecular flexibility index (Phi) is 5.39. The van der Waals surface area contributed by atoms with Crippen LogP contribution in [-0.2, 0) is 9.59 Å². The molecule has 7 heteroatoms. The average Bonchev–Trinajstić information content (AvgIpc) is 2.86. The molecule has 1 aliphatic rings. The molecule has 1 fully saturated rings. The number of thiocarbonyl (C=S) groups is 1. The highest BCUT2D eigenvalue weighted by Crippen LogP contribution is 2.32. The summed E-state index contributed by atoms with van der Waals surface area (Å²) in [5.74, 6) is -0.522. The van der Waals surface area contributed by atoms with Gasteiger partial charge in [0, 0.05) is 5.69 Å². The van der Waals surface area contributed by atoms with Gasteiger partial charge in [0.1, 0.15) is 16.6 Å². The number of aryl methyl sites for hydroxylation is 1. The van der Waals surface area contributed by atoms with Gasteiger partial charge in [0.25, 0.3) is 5.91 Å². The lowest BCUT2D eigenvalue weighted by atomic mass is 10.1. The van der Waals surface area contributed by atoms with Crippen molar-refractivity contribution in [2.45, 2.75) is 6.92 Å². The Morgan fingerprint density at radius 3 is 2.50 bits per heavy atom. The van der Waals surface area contributed by atoms with Gasteiger partial charge >= 0.3 is 0 Å². The first-order valence-corrected chi connectivity index (χ1v) is 9.06. The monoisotopic (exact) mass is 384 g/mol. The van der Waals surface area contributed by atoms with Gasteiger partial charge in [-0.15, -0.1) is 0 Å². The molecule has 0 aliphatic carbocycles. The van der Waals surface area contributed by atoms with E-state index in [0.29, 0.717) is 14.9 Å². The minimum Gasteiger partial charge on any atom is -0.508 e. The van der Waals surface area contributed by atoms with Crippen LogP contribution in [0.2, 0.25) is 0 Å². The van der Waals surface area contributed by atoms with Crippen LogP contribution in [0.5, 0.6) is 5.75 Å². The molecule has 0 unspecified atom stereocenters. The van der Waals surface area contributed by atoms with Crippen molar-refractivity contribution in [3.8, 4) is 5.75 Å². The van der Waals surface area contributed by atoms with E-state index in [9.17, 15) is 14.7 Å². The van der Waals surface area contributed by atoms with Gasteiger partial charge in [0.15, 0.2) is 0 Å². The van der Waals surface area contributed by atoms with Gasteiger partial charge in [-0.2, -0.15) is 0 Å². The highest BCUT2D eigenvalue weighted by molar-refractivity contribution is 8.26. The molecule has 1 saturated heterocycles. The molecule has 0 atom stereocenters. The van der Waals surface area contributed by atoms with Gasteiger partial charge in [-0.3, -0.25) is 14.5 Å². The minimum absolute atomic E-state index is 0.112. The van der Waals surface area contributed by atoms with Crippen LogP contribution in [0, 0.1) is 6.92 Å². The lowest BCUT2D eigenvalue weighted by Crippen LogP contribution is -2.36. The quantitative estimate of drug-likeness (QED) is 0.479. The Labute approximate surface area is 160 Å². The fourth-order valence-corrected chi connectivity index (χ4v) is 3.59. The van der Waals surface area contributed by atoms with Crippen molar-refractivity contribution in [1.82, 2.24) is 4.90 Å². The summed E-state index contributed by atoms with van der Waals surface area (Å²) in [5, 5.41) is 11.9. The maximum absolute atomic E-state index is 12.6. The summed E-state index contributed by atoms with van der Waals surface area (Å²) in [4.78, 5) is 26.5. The van der Waals surface area contributed by atoms with E-state index in [-0.39, 0.29) is 24.1 Å². The number of nitrogens with zero attached hydrogens (tertiary/aromatic N) is 1. The second-order valence-corrected chi connectivity index (χ2v) is 7.45. The third-order valence-corrected chi connectivity index (χ3v) is 5.08. The standard InChI is InChI=1S/C19H16N2O3S2/c1-12-2-4-13(5-3-12)10-16-18(24)21(19(25)26-16)11-17(23)20-14-6-8-15(22)9-7-14/h2-10,22H,11H2,1H3,(H,20,23)/b16-10+. The Hall–Kier alpha value is -2.64. The molecule has 2 amide bonds. The normalized spacial score (nSPS) is 15.6. The molecule has 0 saturated carbocycles. The third-order valence-electron chi connectivity index (χ3n) is 3.70. The van der Waals surface area contributed by atoms with Crippen LogP contribution in [-0.4, -0.2) is 32.7 Å². The Morgan fingerprint density at radius 2 is 1.85 bits per heavy atom. The summed E-state index contributed by atoms with van der Waals surface area (Å²) >= 11 is 6.43. The van der Waals surface area contributed by atoms with Gasteiger partial charge in [0.05, 0.1) is 4.91 Å². The predicted octanol–water partition coefficient (Wildman–Crippen LogP) is 3.54. The highest BCUT2D eigenvalue weighted by Gasteiger charge is 2.33. The molecule has 3 rings (SSSR count). The molecule has 26 heavy (non-hydrogen) atoms. The van der Waals surface area contributed by atoms with E-state index >= 15 is 0 Å². The average molecular weight is 384 g/mol. The molecule has 0 spiro atoms. The highest BCUT2D eigenvalue weighted by atomic mass is 32.2. The van der Waals surface area contributed by atoms with Crippen molar-refractivity contribution in [3.05, 3.63) is 64.6 Å². The van der Waals surface area contributed by atoms with Crippen LogP contribution < -0.4 is 5.32 Å². The summed E-state index contributed by atoms with van der Waals surface area (Å²) < 4.78 is 0.356. The van der Waals surface area contributed by atoms with E-state index in [2.05, 4.69) is 5.32 Å². The van der Waals surface area contributed by atoms with E-state index < -0.39 is 0 Å². The molecule has 2 aromatic carbocycles. The summed E-state index contributed by atoms with van der Waals surface area (Å²) in [6, 6.07) is 13.9. The third kappa shape index (κ3) is 4.30. The number of rotatable bonds is 4. The number of nitrogens with one attached hydrogen (secondary N) is 1. The molecular weight excluding hydrogens is 368 g/mol. The Morgan fingerprint density at radius 1 is 1.19 bits per heavy atom. The molecule has 0 radical (unpaired) electrons. The van der Waals surface area contributed by atoms with Crippen molar-refractivity contribution >= 4 is 51.9 Å². The maximum Gasteiger partial charge on any atom is 0.266 e. The number of amides is 2. The second kappa shape index (κ2) is 7.72. The molecule has 1 aliphatic heterocycles. The summed E-state index contributed by atoms with van der Waals surface area (Å²) in [6.07, 6.45) is 1.77. The maximum atomic E-state index is 12.6. The summed E-state index contributed by atoms with van der Waals surface area (Å²) in [7, 11) is 0. The lowest BCUT2D eigenvalue weighted by molar-refractivity contribution is -0.126. The smallest absolute Gasteiger partial charge is 0.266 e. The minimum atomic E-state index is -0.358. The van der Waals surface area contributed by atoms with E-state index in [1.165, 1.54) is 28.8 Å². The number of phenols is 1. The van der Waals surface area contributed by atoms with Gasteiger partial charge in [0.2, 0.25) is 5.91 Å². The van der Waals surface area contributed by atoms with Crippen LogP contribution >= 0.6 is 24.0 Å². The van der Waals surface area contributed by atoms with Crippen LogP contribution in [0.4, 0.5) is 5.69 Å². The van der Waals surface area contributed by atoms with E-state index in [1.54, 1.807) is 18.2 Å². The number of anilines is 1. The number of hydrogen-bond donors (Lipinski definition) is 2. The predicted molar refractivity (Wildman–Crippen MR) is 108 cm³/mol. The Bertz CT molecular complexity index is 890. The van der Waals surface area contributed by atoms with Crippen molar-refractivity contribution < 1.29 is 14.7 Å². The van der Waals surface area contributed by atoms with Gasteiger partial charge in [-0.05, 0) is 42.8 Å². The van der Waals surface area contributed by atoms with Crippen LogP contribution in [0.1, 0.15) is 11.1 Å². The molecule has 132 valence electrons. The first kappa shape index (κ1) is 18.2. The largest absolute Gasteiger partial charge is 0.508 e.